The van der Waals surface area contributed by atoms with Crippen LogP contribution in [0.4, 0.5) is 22.7 Å². The number of rotatable bonds is 4. The van der Waals surface area contributed by atoms with Crippen molar-refractivity contribution in [1.82, 2.24) is 0 Å². The van der Waals surface area contributed by atoms with Crippen molar-refractivity contribution in [3.05, 3.63) is 134 Å². The van der Waals surface area contributed by atoms with Crippen molar-refractivity contribution in [1.29, 1.82) is 0 Å². The molecule has 0 saturated heterocycles. The first-order chi connectivity index (χ1) is 20.3. The van der Waals surface area contributed by atoms with Crippen molar-refractivity contribution in [2.24, 2.45) is 20.5 Å². The van der Waals surface area contributed by atoms with E-state index in [9.17, 15) is 20.4 Å². The van der Waals surface area contributed by atoms with Crippen LogP contribution in [0.25, 0.3) is 21.5 Å². The molecule has 0 aliphatic carbocycles. The average molecular weight is 681 g/mol. The molecule has 6 rings (SSSR count). The predicted octanol–water partition coefficient (Wildman–Crippen LogP) is 11.7. The number of aromatic hydroxyl groups is 4. The minimum absolute atomic E-state index is 0. The molecule has 6 aromatic carbocycles. The van der Waals surface area contributed by atoms with E-state index in [0.717, 1.165) is 21.5 Å². The van der Waals surface area contributed by atoms with Crippen molar-refractivity contribution in [2.45, 2.75) is 0 Å². The van der Waals surface area contributed by atoms with Crippen molar-refractivity contribution >= 4 is 67.5 Å². The number of hydrogen-bond donors (Lipinski definition) is 4. The maximum Gasteiger partial charge on any atom is 1.00 e. The smallest absolute Gasteiger partial charge is 0.506 e. The molecule has 8 nitrogen and oxygen atoms in total. The molecule has 0 amide bonds. The summed E-state index contributed by atoms with van der Waals surface area (Å²) in [6.45, 7) is 0. The Kier molecular flexibility index (Phi) is 13.1. The molecule has 0 aliphatic heterocycles. The van der Waals surface area contributed by atoms with E-state index in [4.69, 9.17) is 23.2 Å². The van der Waals surface area contributed by atoms with Gasteiger partial charge in [0.1, 0.15) is 45.7 Å². The van der Waals surface area contributed by atoms with Crippen molar-refractivity contribution in [3.8, 4) is 23.0 Å². The van der Waals surface area contributed by atoms with Crippen LogP contribution >= 0.6 is 23.2 Å². The molecule has 0 atom stereocenters. The molecule has 226 valence electrons. The second kappa shape index (κ2) is 16.2. The van der Waals surface area contributed by atoms with E-state index in [1.807, 2.05) is 48.5 Å². The fourth-order valence-corrected chi connectivity index (χ4v) is 4.39. The van der Waals surface area contributed by atoms with E-state index in [0.29, 0.717) is 21.4 Å². The second-order valence-electron chi connectivity index (χ2n) is 8.97. The Morgan fingerprint density at radius 1 is 0.444 bits per heavy atom. The van der Waals surface area contributed by atoms with E-state index in [-0.39, 0.29) is 68.0 Å². The summed E-state index contributed by atoms with van der Waals surface area (Å²) in [6, 6.07) is 30.8. The average Bonchev–Trinajstić information content (AvgIpc) is 2.99. The van der Waals surface area contributed by atoms with Gasteiger partial charge in [-0.1, -0.05) is 83.9 Å². The maximum absolute atomic E-state index is 9.97. The molecule has 0 bridgehead atoms. The Morgan fingerprint density at radius 3 is 1.20 bits per heavy atom. The van der Waals surface area contributed by atoms with Crippen LogP contribution in [0, 0.1) is 14.9 Å². The van der Waals surface area contributed by atoms with Crippen LogP contribution in [-0.2, 0) is 17.4 Å². The SMILES string of the molecule is Oc1ccc(Cl)cc1N=Nc1c(O)ccc2ccccc12.Oc1ccc(Cl)cc1N=Nc1c(O)ccc2ccccc12.[CH3+].[CH3+].[Cr].[H+]. The summed E-state index contributed by atoms with van der Waals surface area (Å²) in [5.74, 6) is 0.00342. The summed E-state index contributed by atoms with van der Waals surface area (Å²) in [6.07, 6.45) is 0. The van der Waals surface area contributed by atoms with Gasteiger partial charge in [0.25, 0.3) is 0 Å². The Morgan fingerprint density at radius 2 is 0.800 bits per heavy atom. The van der Waals surface area contributed by atoms with Crippen LogP contribution in [0.5, 0.6) is 23.0 Å². The number of azo groups is 2. The first kappa shape index (κ1) is 36.3. The van der Waals surface area contributed by atoms with Crippen LogP contribution in [0.1, 0.15) is 1.43 Å². The Labute approximate surface area is 283 Å². The van der Waals surface area contributed by atoms with Crippen LogP contribution in [0.15, 0.2) is 130 Å². The van der Waals surface area contributed by atoms with E-state index in [1.54, 1.807) is 36.4 Å². The Hall–Kier alpha value is -4.91. The van der Waals surface area contributed by atoms with Gasteiger partial charge in [-0.25, -0.2) is 0 Å². The monoisotopic (exact) mass is 679 g/mol. The molecule has 0 heterocycles. The quantitative estimate of drug-likeness (QED) is 0.109. The number of hydrogen-bond acceptors (Lipinski definition) is 8. The molecule has 6 aromatic rings. The van der Waals surface area contributed by atoms with E-state index < -0.39 is 0 Å². The molecule has 4 N–H and O–H groups in total. The molecule has 11 heteroatoms. The molecule has 45 heavy (non-hydrogen) atoms. The zero-order valence-corrected chi connectivity index (χ0v) is 26.9. The van der Waals surface area contributed by atoms with Gasteiger partial charge in [-0.15, -0.1) is 20.5 Å². The van der Waals surface area contributed by atoms with Gasteiger partial charge < -0.3 is 20.4 Å². The summed E-state index contributed by atoms with van der Waals surface area (Å²) < 4.78 is 0. The third kappa shape index (κ3) is 8.60. The zero-order chi connectivity index (χ0) is 29.6. The predicted molar refractivity (Wildman–Crippen MR) is 180 cm³/mol. The standard InChI is InChI=1S/2C16H11ClN2O2.2CH3.Cr/c2*17-11-6-8-14(20)13(9-11)18-19-16-12-4-2-1-3-10(12)5-7-15(16)21;;;/h2*1-9,20-21H;2*1H3;/q;;2*+1;/p+1. The number of benzene rings is 6. The van der Waals surface area contributed by atoms with Gasteiger partial charge in [0, 0.05) is 53.0 Å². The van der Waals surface area contributed by atoms with E-state index >= 15 is 0 Å². The molecule has 0 spiro atoms. The fourth-order valence-electron chi connectivity index (χ4n) is 4.06. The molecule has 0 aliphatic rings. The van der Waals surface area contributed by atoms with Crippen molar-refractivity contribution in [2.75, 3.05) is 0 Å². The van der Waals surface area contributed by atoms with E-state index in [1.165, 1.54) is 24.3 Å². The van der Waals surface area contributed by atoms with Crippen LogP contribution < -0.4 is 0 Å². The third-order valence-corrected chi connectivity index (χ3v) is 6.62. The normalized spacial score (nSPS) is 10.5. The molecular weight excluding hydrogens is 651 g/mol. The van der Waals surface area contributed by atoms with Gasteiger partial charge in [0.2, 0.25) is 0 Å². The first-order valence-electron chi connectivity index (χ1n) is 12.5. The number of fused-ring (bicyclic) bond motifs is 2. The number of phenolic OH excluding ortho intramolecular Hbond substituents is 4. The molecular formula is C34H29Cl2CrN4O4+3. The van der Waals surface area contributed by atoms with Gasteiger partial charge in [-0.2, -0.15) is 0 Å². The van der Waals surface area contributed by atoms with Gasteiger partial charge in [-0.05, 0) is 59.3 Å². The third-order valence-electron chi connectivity index (χ3n) is 6.15. The van der Waals surface area contributed by atoms with Crippen molar-refractivity contribution < 1.29 is 39.2 Å². The van der Waals surface area contributed by atoms with Gasteiger partial charge in [0.15, 0.2) is 0 Å². The topological polar surface area (TPSA) is 130 Å². The summed E-state index contributed by atoms with van der Waals surface area (Å²) in [7, 11) is 0. The number of phenols is 4. The summed E-state index contributed by atoms with van der Waals surface area (Å²) in [5.41, 5.74) is 1.20. The molecule has 0 aromatic heterocycles. The van der Waals surface area contributed by atoms with Crippen LogP contribution in [0.2, 0.25) is 10.0 Å². The number of halogens is 2. The fraction of sp³-hybridized carbons (Fsp3) is 0. The minimum Gasteiger partial charge on any atom is -0.506 e. The molecule has 0 radical (unpaired) electrons. The molecule has 0 unspecified atom stereocenters. The van der Waals surface area contributed by atoms with Crippen molar-refractivity contribution in [3.63, 3.8) is 0 Å². The van der Waals surface area contributed by atoms with Crippen LogP contribution in [0.3, 0.4) is 0 Å². The minimum atomic E-state index is -0.0251. The summed E-state index contributed by atoms with van der Waals surface area (Å²) >= 11 is 11.7. The largest absolute Gasteiger partial charge is 1.00 e. The second-order valence-corrected chi connectivity index (χ2v) is 9.85. The Balaban J connectivity index is 0.000000423. The van der Waals surface area contributed by atoms with E-state index in [2.05, 4.69) is 20.5 Å². The van der Waals surface area contributed by atoms with Crippen LogP contribution in [-0.4, -0.2) is 20.4 Å². The van der Waals surface area contributed by atoms with Gasteiger partial charge in [-0.3, -0.25) is 0 Å². The molecule has 0 fully saturated rings. The summed E-state index contributed by atoms with van der Waals surface area (Å²) in [4.78, 5) is 0. The maximum atomic E-state index is 9.97. The van der Waals surface area contributed by atoms with Gasteiger partial charge in [0.05, 0.1) is 0 Å². The number of nitrogens with zero attached hydrogens (tertiary/aromatic N) is 4. The summed E-state index contributed by atoms with van der Waals surface area (Å²) in [5, 5.41) is 59.8. The Bertz CT molecular complexity index is 1850. The first-order valence-corrected chi connectivity index (χ1v) is 13.3. The molecule has 0 saturated carbocycles. The zero-order valence-electron chi connectivity index (χ0n) is 25.1. The van der Waals surface area contributed by atoms with Gasteiger partial charge >= 0.3 is 1.43 Å².